The molecule has 0 fully saturated rings. The quantitative estimate of drug-likeness (QED) is 0.876. The SMILES string of the molecule is CC(N)C(=O)Nc1cccc(OC(F)F)c1.Cl. The van der Waals surface area contributed by atoms with Crippen molar-refractivity contribution in [3.63, 3.8) is 0 Å². The van der Waals surface area contributed by atoms with Crippen molar-refractivity contribution in [1.29, 1.82) is 0 Å². The van der Waals surface area contributed by atoms with Crippen molar-refractivity contribution in [3.8, 4) is 5.75 Å². The number of carbonyl (C=O) groups is 1. The van der Waals surface area contributed by atoms with Gasteiger partial charge in [-0.3, -0.25) is 4.79 Å². The number of rotatable bonds is 4. The van der Waals surface area contributed by atoms with Crippen LogP contribution in [-0.4, -0.2) is 18.6 Å². The van der Waals surface area contributed by atoms with E-state index in [1.807, 2.05) is 0 Å². The van der Waals surface area contributed by atoms with Crippen LogP contribution in [0.4, 0.5) is 14.5 Å². The number of ether oxygens (including phenoxy) is 1. The number of anilines is 1. The van der Waals surface area contributed by atoms with Crippen molar-refractivity contribution < 1.29 is 18.3 Å². The summed E-state index contributed by atoms with van der Waals surface area (Å²) in [6, 6.07) is 5.05. The third-order valence-electron chi connectivity index (χ3n) is 1.74. The maximum Gasteiger partial charge on any atom is 0.387 e. The van der Waals surface area contributed by atoms with E-state index in [1.165, 1.54) is 25.1 Å². The van der Waals surface area contributed by atoms with Gasteiger partial charge in [-0.2, -0.15) is 8.78 Å². The Morgan fingerprint density at radius 3 is 2.65 bits per heavy atom. The zero-order chi connectivity index (χ0) is 12.1. The lowest BCUT2D eigenvalue weighted by Gasteiger charge is -2.09. The molecule has 17 heavy (non-hydrogen) atoms. The number of carbonyl (C=O) groups excluding carboxylic acids is 1. The van der Waals surface area contributed by atoms with Gasteiger partial charge in [0.1, 0.15) is 5.75 Å². The lowest BCUT2D eigenvalue weighted by molar-refractivity contribution is -0.117. The third-order valence-corrected chi connectivity index (χ3v) is 1.74. The molecule has 0 spiro atoms. The fraction of sp³-hybridized carbons (Fsp3) is 0.300. The Morgan fingerprint density at radius 2 is 2.12 bits per heavy atom. The molecule has 0 aliphatic carbocycles. The number of alkyl halides is 2. The first-order valence-electron chi connectivity index (χ1n) is 4.60. The summed E-state index contributed by atoms with van der Waals surface area (Å²) in [6.45, 7) is -1.37. The van der Waals surface area contributed by atoms with E-state index in [4.69, 9.17) is 5.73 Å². The van der Waals surface area contributed by atoms with Crippen molar-refractivity contribution in [2.75, 3.05) is 5.32 Å². The first kappa shape index (κ1) is 15.6. The number of amides is 1. The molecule has 1 aromatic rings. The van der Waals surface area contributed by atoms with Crippen LogP contribution in [0.5, 0.6) is 5.75 Å². The van der Waals surface area contributed by atoms with E-state index >= 15 is 0 Å². The van der Waals surface area contributed by atoms with E-state index in [2.05, 4.69) is 10.1 Å². The normalized spacial score (nSPS) is 11.6. The number of nitrogens with two attached hydrogens (primary N) is 1. The van der Waals surface area contributed by atoms with Gasteiger partial charge >= 0.3 is 6.61 Å². The lowest BCUT2D eigenvalue weighted by atomic mass is 10.2. The van der Waals surface area contributed by atoms with Crippen LogP contribution in [0.15, 0.2) is 24.3 Å². The highest BCUT2D eigenvalue weighted by molar-refractivity contribution is 5.94. The van der Waals surface area contributed by atoms with Gasteiger partial charge < -0.3 is 15.8 Å². The highest BCUT2D eigenvalue weighted by atomic mass is 35.5. The molecule has 96 valence electrons. The van der Waals surface area contributed by atoms with Gasteiger partial charge in [0.2, 0.25) is 5.91 Å². The molecule has 1 aromatic carbocycles. The molecule has 0 aliphatic heterocycles. The van der Waals surface area contributed by atoms with Gasteiger partial charge in [-0.15, -0.1) is 12.4 Å². The second-order valence-electron chi connectivity index (χ2n) is 3.18. The first-order chi connectivity index (χ1) is 7.49. The van der Waals surface area contributed by atoms with Gasteiger partial charge in [-0.05, 0) is 19.1 Å². The van der Waals surface area contributed by atoms with Crippen molar-refractivity contribution in [3.05, 3.63) is 24.3 Å². The van der Waals surface area contributed by atoms with Gasteiger partial charge in [0, 0.05) is 11.8 Å². The summed E-state index contributed by atoms with van der Waals surface area (Å²) in [5.41, 5.74) is 5.70. The molecule has 0 saturated heterocycles. The fourth-order valence-corrected chi connectivity index (χ4v) is 1.01. The average Bonchev–Trinajstić information content (AvgIpc) is 2.16. The van der Waals surface area contributed by atoms with Crippen LogP contribution in [-0.2, 0) is 4.79 Å². The minimum Gasteiger partial charge on any atom is -0.435 e. The van der Waals surface area contributed by atoms with Crippen LogP contribution in [0.1, 0.15) is 6.92 Å². The minimum atomic E-state index is -2.89. The standard InChI is InChI=1S/C10H12F2N2O2.ClH/c1-6(13)9(15)14-7-3-2-4-8(5-7)16-10(11)12;/h2-6,10H,13H2,1H3,(H,14,15);1H. The zero-order valence-corrected chi connectivity index (χ0v) is 9.84. The number of hydrogen-bond donors (Lipinski definition) is 2. The molecule has 1 unspecified atom stereocenters. The monoisotopic (exact) mass is 266 g/mol. The molecule has 0 radical (unpaired) electrons. The Labute approximate surface area is 104 Å². The number of nitrogens with one attached hydrogen (secondary N) is 1. The summed E-state index contributed by atoms with van der Waals surface area (Å²) in [5.74, 6) is -0.410. The smallest absolute Gasteiger partial charge is 0.387 e. The maximum atomic E-state index is 11.9. The molecule has 3 N–H and O–H groups in total. The van der Waals surface area contributed by atoms with Crippen LogP contribution >= 0.6 is 12.4 Å². The van der Waals surface area contributed by atoms with Crippen LogP contribution < -0.4 is 15.8 Å². The Bertz CT molecular complexity index is 375. The Balaban J connectivity index is 0.00000256. The summed E-state index contributed by atoms with van der Waals surface area (Å²) in [5, 5.41) is 2.47. The van der Waals surface area contributed by atoms with Gasteiger partial charge in [0.15, 0.2) is 0 Å². The highest BCUT2D eigenvalue weighted by Gasteiger charge is 2.09. The third kappa shape index (κ3) is 5.46. The van der Waals surface area contributed by atoms with Crippen LogP contribution in [0, 0.1) is 0 Å². The largest absolute Gasteiger partial charge is 0.435 e. The van der Waals surface area contributed by atoms with E-state index in [9.17, 15) is 13.6 Å². The predicted octanol–water partition coefficient (Wildman–Crippen LogP) is 2.00. The van der Waals surface area contributed by atoms with Gasteiger partial charge in [0.05, 0.1) is 6.04 Å². The van der Waals surface area contributed by atoms with E-state index in [0.717, 1.165) is 0 Å². The summed E-state index contributed by atoms with van der Waals surface area (Å²) >= 11 is 0. The van der Waals surface area contributed by atoms with E-state index < -0.39 is 18.6 Å². The summed E-state index contributed by atoms with van der Waals surface area (Å²) < 4.78 is 28.0. The molecular weight excluding hydrogens is 254 g/mol. The molecule has 4 nitrogen and oxygen atoms in total. The van der Waals surface area contributed by atoms with E-state index in [0.29, 0.717) is 5.69 Å². The Kier molecular flexibility index (Phi) is 6.45. The van der Waals surface area contributed by atoms with E-state index in [-0.39, 0.29) is 18.2 Å². The van der Waals surface area contributed by atoms with Crippen molar-refractivity contribution in [1.82, 2.24) is 0 Å². The average molecular weight is 267 g/mol. The molecule has 7 heteroatoms. The molecule has 0 aliphatic rings. The molecule has 0 heterocycles. The summed E-state index contributed by atoms with van der Waals surface area (Å²) in [6.07, 6.45) is 0. The topological polar surface area (TPSA) is 64.4 Å². The highest BCUT2D eigenvalue weighted by Crippen LogP contribution is 2.19. The van der Waals surface area contributed by atoms with Crippen LogP contribution in [0.25, 0.3) is 0 Å². The lowest BCUT2D eigenvalue weighted by Crippen LogP contribution is -2.32. The number of hydrogen-bond acceptors (Lipinski definition) is 3. The second-order valence-corrected chi connectivity index (χ2v) is 3.18. The molecule has 0 aromatic heterocycles. The van der Waals surface area contributed by atoms with Crippen molar-refractivity contribution in [2.45, 2.75) is 19.6 Å². The molecule has 1 rings (SSSR count). The predicted molar refractivity (Wildman–Crippen MR) is 62.6 cm³/mol. The molecule has 1 amide bonds. The summed E-state index contributed by atoms with van der Waals surface area (Å²) in [4.78, 5) is 11.2. The molecular formula is C10H13ClF2N2O2. The Hall–Kier alpha value is -1.40. The Morgan fingerprint density at radius 1 is 1.47 bits per heavy atom. The zero-order valence-electron chi connectivity index (χ0n) is 9.02. The van der Waals surface area contributed by atoms with Crippen LogP contribution in [0.2, 0.25) is 0 Å². The van der Waals surface area contributed by atoms with Crippen LogP contribution in [0.3, 0.4) is 0 Å². The maximum absolute atomic E-state index is 11.9. The van der Waals surface area contributed by atoms with E-state index in [1.54, 1.807) is 6.07 Å². The molecule has 0 saturated carbocycles. The molecule has 0 bridgehead atoms. The van der Waals surface area contributed by atoms with Gasteiger partial charge in [-0.1, -0.05) is 6.07 Å². The summed E-state index contributed by atoms with van der Waals surface area (Å²) in [7, 11) is 0. The second kappa shape index (κ2) is 7.03. The number of halogens is 3. The van der Waals surface area contributed by atoms with Gasteiger partial charge in [-0.25, -0.2) is 0 Å². The first-order valence-corrected chi connectivity index (χ1v) is 4.60. The fourth-order valence-electron chi connectivity index (χ4n) is 1.01. The minimum absolute atomic E-state index is 0. The molecule has 1 atom stereocenters. The van der Waals surface area contributed by atoms with Crippen molar-refractivity contribution >= 4 is 24.0 Å². The van der Waals surface area contributed by atoms with Gasteiger partial charge in [0.25, 0.3) is 0 Å². The van der Waals surface area contributed by atoms with Crippen molar-refractivity contribution in [2.24, 2.45) is 5.73 Å². The number of benzene rings is 1.